The van der Waals surface area contributed by atoms with E-state index in [0.717, 1.165) is 6.08 Å². The van der Waals surface area contributed by atoms with Gasteiger partial charge in [-0.15, -0.1) is 0 Å². The number of carbonyl (C=O) groups excluding carboxylic acids is 1. The second kappa shape index (κ2) is 4.10. The molecule has 0 fully saturated rings. The van der Waals surface area contributed by atoms with Crippen molar-refractivity contribution in [1.82, 2.24) is 0 Å². The van der Waals surface area contributed by atoms with Crippen molar-refractivity contribution in [2.75, 3.05) is 5.32 Å². The molecule has 1 aromatic carbocycles. The Balaban J connectivity index is 2.96. The quantitative estimate of drug-likeness (QED) is 0.544. The van der Waals surface area contributed by atoms with Gasteiger partial charge in [0.15, 0.2) is 0 Å². The van der Waals surface area contributed by atoms with Gasteiger partial charge < -0.3 is 10.4 Å². The Labute approximate surface area is 81.1 Å². The average molecular weight is 188 g/mol. The molecule has 0 heterocycles. The fourth-order valence-corrected chi connectivity index (χ4v) is 0.891. The van der Waals surface area contributed by atoms with Crippen LogP contribution in [0.4, 0.5) is 5.69 Å². The first-order chi connectivity index (χ1) is 6.67. The van der Waals surface area contributed by atoms with Gasteiger partial charge in [0, 0.05) is 0 Å². The molecule has 0 bridgehead atoms. The van der Waals surface area contributed by atoms with Crippen LogP contribution in [-0.2, 0) is 4.79 Å². The van der Waals surface area contributed by atoms with Crippen molar-refractivity contribution in [2.24, 2.45) is 0 Å². The number of carbonyl (C=O) groups is 1. The van der Waals surface area contributed by atoms with Crippen LogP contribution >= 0.6 is 0 Å². The molecule has 0 aliphatic rings. The lowest BCUT2D eigenvalue weighted by atomic mass is 10.2. The van der Waals surface area contributed by atoms with Crippen molar-refractivity contribution < 1.29 is 9.90 Å². The molecule has 1 rings (SSSR count). The van der Waals surface area contributed by atoms with Gasteiger partial charge in [0.25, 0.3) is 0 Å². The minimum atomic E-state index is -0.412. The molecule has 0 aliphatic carbocycles. The molecule has 14 heavy (non-hydrogen) atoms. The molecule has 4 nitrogen and oxygen atoms in total. The molecule has 0 radical (unpaired) electrons. The highest BCUT2D eigenvalue weighted by atomic mass is 16.3. The van der Waals surface area contributed by atoms with Gasteiger partial charge in [0.1, 0.15) is 5.75 Å². The van der Waals surface area contributed by atoms with Crippen molar-refractivity contribution in [3.63, 3.8) is 0 Å². The molecule has 0 saturated heterocycles. The summed E-state index contributed by atoms with van der Waals surface area (Å²) >= 11 is 0. The van der Waals surface area contributed by atoms with Crippen LogP contribution in [0.2, 0.25) is 0 Å². The number of rotatable bonds is 2. The normalized spacial score (nSPS) is 8.79. The van der Waals surface area contributed by atoms with Crippen LogP contribution in [0.5, 0.6) is 5.75 Å². The van der Waals surface area contributed by atoms with Crippen LogP contribution in [-0.4, -0.2) is 11.0 Å². The molecule has 70 valence electrons. The summed E-state index contributed by atoms with van der Waals surface area (Å²) in [5.74, 6) is -0.552. The number of nitrogens with one attached hydrogen (secondary N) is 1. The number of nitrogens with zero attached hydrogens (tertiary/aromatic N) is 1. The maximum atomic E-state index is 10.9. The predicted octanol–water partition coefficient (Wildman–Crippen LogP) is 1.39. The highest BCUT2D eigenvalue weighted by molar-refractivity contribution is 5.99. The molecule has 1 aromatic rings. The van der Waals surface area contributed by atoms with E-state index in [0.29, 0.717) is 5.56 Å². The van der Waals surface area contributed by atoms with E-state index in [-0.39, 0.29) is 11.4 Å². The Kier molecular flexibility index (Phi) is 2.87. The van der Waals surface area contributed by atoms with Crippen molar-refractivity contribution in [1.29, 1.82) is 5.26 Å². The number of nitriles is 1. The van der Waals surface area contributed by atoms with Crippen molar-refractivity contribution >= 4 is 11.6 Å². The lowest BCUT2D eigenvalue weighted by molar-refractivity contribution is -0.111. The van der Waals surface area contributed by atoms with Crippen LogP contribution in [0.1, 0.15) is 5.56 Å². The smallest absolute Gasteiger partial charge is 0.247 e. The van der Waals surface area contributed by atoms with Crippen LogP contribution in [0, 0.1) is 11.3 Å². The first-order valence-electron chi connectivity index (χ1n) is 3.84. The summed E-state index contributed by atoms with van der Waals surface area (Å²) in [6, 6.07) is 6.10. The number of amides is 1. The van der Waals surface area contributed by atoms with Gasteiger partial charge in [-0.1, -0.05) is 6.58 Å². The monoisotopic (exact) mass is 188 g/mol. The fourth-order valence-electron chi connectivity index (χ4n) is 0.891. The van der Waals surface area contributed by atoms with Crippen LogP contribution in [0.3, 0.4) is 0 Å². The van der Waals surface area contributed by atoms with Crippen molar-refractivity contribution in [2.45, 2.75) is 0 Å². The Morgan fingerprint density at radius 1 is 1.64 bits per heavy atom. The predicted molar refractivity (Wildman–Crippen MR) is 51.6 cm³/mol. The van der Waals surface area contributed by atoms with Crippen LogP contribution < -0.4 is 5.32 Å². The van der Waals surface area contributed by atoms with E-state index < -0.39 is 5.91 Å². The molecule has 0 saturated carbocycles. The Hall–Kier alpha value is -2.28. The SMILES string of the molecule is C=CC(=O)Nc1ccc(C#N)cc1O. The van der Waals surface area contributed by atoms with Gasteiger partial charge in [-0.05, 0) is 24.3 Å². The van der Waals surface area contributed by atoms with E-state index in [4.69, 9.17) is 5.26 Å². The number of aromatic hydroxyl groups is 1. The van der Waals surface area contributed by atoms with Crippen molar-refractivity contribution in [3.05, 3.63) is 36.4 Å². The molecule has 0 unspecified atom stereocenters. The summed E-state index contributed by atoms with van der Waals surface area (Å²) in [5.41, 5.74) is 0.591. The zero-order chi connectivity index (χ0) is 10.6. The minimum absolute atomic E-state index is 0.140. The third-order valence-corrected chi connectivity index (χ3v) is 1.57. The standard InChI is InChI=1S/C10H8N2O2/c1-2-10(14)12-8-4-3-7(6-11)5-9(8)13/h2-5,13H,1H2,(H,12,14). The summed E-state index contributed by atoms with van der Waals surface area (Å²) in [6.45, 7) is 3.27. The lowest BCUT2D eigenvalue weighted by Gasteiger charge is -2.04. The van der Waals surface area contributed by atoms with E-state index in [1.807, 2.05) is 6.07 Å². The zero-order valence-electron chi connectivity index (χ0n) is 7.32. The summed E-state index contributed by atoms with van der Waals surface area (Å²) < 4.78 is 0. The van der Waals surface area contributed by atoms with Gasteiger partial charge in [-0.2, -0.15) is 5.26 Å². The van der Waals surface area contributed by atoms with E-state index in [2.05, 4.69) is 11.9 Å². The maximum Gasteiger partial charge on any atom is 0.247 e. The fraction of sp³-hybridized carbons (Fsp3) is 0. The molecular formula is C10H8N2O2. The number of hydrogen-bond donors (Lipinski definition) is 2. The Bertz CT molecular complexity index is 419. The Morgan fingerprint density at radius 3 is 2.86 bits per heavy atom. The highest BCUT2D eigenvalue weighted by Gasteiger charge is 2.03. The van der Waals surface area contributed by atoms with Gasteiger partial charge in [-0.25, -0.2) is 0 Å². The molecule has 0 aliphatic heterocycles. The third kappa shape index (κ3) is 2.11. The highest BCUT2D eigenvalue weighted by Crippen LogP contribution is 2.23. The largest absolute Gasteiger partial charge is 0.506 e. The number of phenols is 1. The van der Waals surface area contributed by atoms with E-state index in [1.165, 1.54) is 18.2 Å². The molecule has 0 spiro atoms. The number of benzene rings is 1. The Morgan fingerprint density at radius 2 is 2.36 bits per heavy atom. The third-order valence-electron chi connectivity index (χ3n) is 1.57. The summed E-state index contributed by atoms with van der Waals surface area (Å²) in [5, 5.41) is 20.3. The molecule has 4 heteroatoms. The zero-order valence-corrected chi connectivity index (χ0v) is 7.32. The number of phenolic OH excluding ortho intramolecular Hbond substituents is 1. The first kappa shape index (κ1) is 9.81. The summed E-state index contributed by atoms with van der Waals surface area (Å²) in [4.78, 5) is 10.9. The van der Waals surface area contributed by atoms with Gasteiger partial charge in [-0.3, -0.25) is 4.79 Å². The lowest BCUT2D eigenvalue weighted by Crippen LogP contribution is -2.07. The van der Waals surface area contributed by atoms with Crippen LogP contribution in [0.15, 0.2) is 30.9 Å². The van der Waals surface area contributed by atoms with Crippen molar-refractivity contribution in [3.8, 4) is 11.8 Å². The number of hydrogen-bond acceptors (Lipinski definition) is 3. The maximum absolute atomic E-state index is 10.9. The second-order valence-corrected chi connectivity index (χ2v) is 2.54. The molecule has 1 amide bonds. The molecular weight excluding hydrogens is 180 g/mol. The molecule has 0 aromatic heterocycles. The average Bonchev–Trinajstić information content (AvgIpc) is 2.20. The number of anilines is 1. The second-order valence-electron chi connectivity index (χ2n) is 2.54. The first-order valence-corrected chi connectivity index (χ1v) is 3.84. The molecule has 0 atom stereocenters. The summed E-state index contributed by atoms with van der Waals surface area (Å²) in [7, 11) is 0. The van der Waals surface area contributed by atoms with Gasteiger partial charge in [0.05, 0.1) is 17.3 Å². The van der Waals surface area contributed by atoms with E-state index in [9.17, 15) is 9.90 Å². The minimum Gasteiger partial charge on any atom is -0.506 e. The van der Waals surface area contributed by atoms with Gasteiger partial charge >= 0.3 is 0 Å². The van der Waals surface area contributed by atoms with Crippen LogP contribution in [0.25, 0.3) is 0 Å². The topological polar surface area (TPSA) is 73.1 Å². The molecule has 2 N–H and O–H groups in total. The summed E-state index contributed by atoms with van der Waals surface area (Å²) in [6.07, 6.45) is 1.09. The van der Waals surface area contributed by atoms with E-state index in [1.54, 1.807) is 0 Å². The van der Waals surface area contributed by atoms with Gasteiger partial charge in [0.2, 0.25) is 5.91 Å². The van der Waals surface area contributed by atoms with E-state index >= 15 is 0 Å².